The summed E-state index contributed by atoms with van der Waals surface area (Å²) in [5.41, 5.74) is 1.14. The van der Waals surface area contributed by atoms with Crippen molar-refractivity contribution in [3.63, 3.8) is 0 Å². The summed E-state index contributed by atoms with van der Waals surface area (Å²) in [5, 5.41) is 3.41. The Morgan fingerprint density at radius 2 is 2.37 bits per heavy atom. The van der Waals surface area contributed by atoms with Gasteiger partial charge < -0.3 is 19.5 Å². The summed E-state index contributed by atoms with van der Waals surface area (Å²) in [5.74, 6) is 1.57. The summed E-state index contributed by atoms with van der Waals surface area (Å²) < 4.78 is 16.1. The van der Waals surface area contributed by atoms with Gasteiger partial charge in [-0.1, -0.05) is 12.1 Å². The Labute approximate surface area is 115 Å². The first kappa shape index (κ1) is 14.3. The number of rotatable bonds is 8. The maximum absolute atomic E-state index is 5.71. The maximum atomic E-state index is 5.71. The monoisotopic (exact) mass is 265 g/mol. The highest BCUT2D eigenvalue weighted by Gasteiger charge is 2.14. The molecule has 1 N–H and O–H groups in total. The third kappa shape index (κ3) is 5.19. The molecule has 19 heavy (non-hydrogen) atoms. The number of hydrogen-bond acceptors (Lipinski definition) is 4. The van der Waals surface area contributed by atoms with Gasteiger partial charge in [0.15, 0.2) is 0 Å². The molecule has 1 aliphatic heterocycles. The van der Waals surface area contributed by atoms with E-state index in [2.05, 4.69) is 5.32 Å². The Hall–Kier alpha value is -1.10. The smallest absolute Gasteiger partial charge is 0.119 e. The van der Waals surface area contributed by atoms with Crippen molar-refractivity contribution < 1.29 is 14.2 Å². The Balaban J connectivity index is 1.60. The Morgan fingerprint density at radius 3 is 3.16 bits per heavy atom. The number of ether oxygens (including phenoxy) is 3. The van der Waals surface area contributed by atoms with Crippen molar-refractivity contribution in [3.8, 4) is 5.75 Å². The van der Waals surface area contributed by atoms with Crippen LogP contribution in [0, 0.1) is 5.92 Å². The normalized spacial score (nSPS) is 18.7. The minimum atomic E-state index is 0.622. The molecule has 0 saturated carbocycles. The molecule has 1 saturated heterocycles. The standard InChI is InChI=1S/C15H23NO3/c1-17-11-13-3-2-4-15(9-13)19-8-6-16-10-14-5-7-18-12-14/h2-4,9,14,16H,5-8,10-12H2,1H3. The predicted octanol–water partition coefficient (Wildman–Crippen LogP) is 1.84. The molecule has 0 aromatic heterocycles. The molecule has 0 spiro atoms. The van der Waals surface area contributed by atoms with Gasteiger partial charge in [0.2, 0.25) is 0 Å². The van der Waals surface area contributed by atoms with E-state index in [1.165, 1.54) is 6.42 Å². The summed E-state index contributed by atoms with van der Waals surface area (Å²) in [6.45, 7) is 5.00. The van der Waals surface area contributed by atoms with Gasteiger partial charge in [-0.3, -0.25) is 0 Å². The SMILES string of the molecule is COCc1cccc(OCCNCC2CCOC2)c1. The number of methoxy groups -OCH3 is 1. The van der Waals surface area contributed by atoms with Crippen molar-refractivity contribution in [2.75, 3.05) is 40.0 Å². The molecule has 1 heterocycles. The van der Waals surface area contributed by atoms with Crippen molar-refractivity contribution in [3.05, 3.63) is 29.8 Å². The molecule has 1 fully saturated rings. The van der Waals surface area contributed by atoms with E-state index in [1.807, 2.05) is 24.3 Å². The number of hydrogen-bond donors (Lipinski definition) is 1. The second kappa shape index (κ2) is 8.15. The van der Waals surface area contributed by atoms with E-state index in [1.54, 1.807) is 7.11 Å². The molecule has 1 aliphatic rings. The van der Waals surface area contributed by atoms with Crippen LogP contribution in [0.25, 0.3) is 0 Å². The van der Waals surface area contributed by atoms with Crippen LogP contribution in [-0.4, -0.2) is 40.0 Å². The van der Waals surface area contributed by atoms with Crippen LogP contribution in [0.3, 0.4) is 0 Å². The highest BCUT2D eigenvalue weighted by Crippen LogP contribution is 2.14. The van der Waals surface area contributed by atoms with Crippen LogP contribution in [0.15, 0.2) is 24.3 Å². The summed E-state index contributed by atoms with van der Waals surface area (Å²) in [6, 6.07) is 8.03. The fourth-order valence-electron chi connectivity index (χ4n) is 2.18. The minimum Gasteiger partial charge on any atom is -0.492 e. The molecule has 0 aliphatic carbocycles. The molecule has 1 aromatic carbocycles. The van der Waals surface area contributed by atoms with Crippen LogP contribution in [-0.2, 0) is 16.1 Å². The molecular formula is C15H23NO3. The summed E-state index contributed by atoms with van der Waals surface area (Å²) in [4.78, 5) is 0. The Bertz CT molecular complexity index is 364. The number of benzene rings is 1. The van der Waals surface area contributed by atoms with Crippen LogP contribution < -0.4 is 10.1 Å². The van der Waals surface area contributed by atoms with Gasteiger partial charge in [0.05, 0.1) is 13.2 Å². The lowest BCUT2D eigenvalue weighted by molar-refractivity contribution is 0.184. The van der Waals surface area contributed by atoms with Gasteiger partial charge in [-0.05, 0) is 30.0 Å². The van der Waals surface area contributed by atoms with Crippen molar-refractivity contribution in [1.82, 2.24) is 5.32 Å². The van der Waals surface area contributed by atoms with Crippen LogP contribution in [0.5, 0.6) is 5.75 Å². The highest BCUT2D eigenvalue weighted by molar-refractivity contribution is 5.28. The average Bonchev–Trinajstić information content (AvgIpc) is 2.92. The summed E-state index contributed by atoms with van der Waals surface area (Å²) >= 11 is 0. The molecule has 106 valence electrons. The third-order valence-corrected chi connectivity index (χ3v) is 3.21. The van der Waals surface area contributed by atoms with Crippen molar-refractivity contribution in [1.29, 1.82) is 0 Å². The van der Waals surface area contributed by atoms with Gasteiger partial charge in [0.25, 0.3) is 0 Å². The van der Waals surface area contributed by atoms with Gasteiger partial charge in [0, 0.05) is 26.8 Å². The van der Waals surface area contributed by atoms with E-state index in [0.29, 0.717) is 19.1 Å². The van der Waals surface area contributed by atoms with E-state index in [9.17, 15) is 0 Å². The van der Waals surface area contributed by atoms with E-state index in [4.69, 9.17) is 14.2 Å². The van der Waals surface area contributed by atoms with E-state index < -0.39 is 0 Å². The first-order valence-corrected chi connectivity index (χ1v) is 6.87. The highest BCUT2D eigenvalue weighted by atomic mass is 16.5. The van der Waals surface area contributed by atoms with Gasteiger partial charge >= 0.3 is 0 Å². The minimum absolute atomic E-state index is 0.622. The van der Waals surface area contributed by atoms with Crippen LogP contribution in [0.1, 0.15) is 12.0 Å². The maximum Gasteiger partial charge on any atom is 0.119 e. The molecule has 4 nitrogen and oxygen atoms in total. The molecule has 0 radical (unpaired) electrons. The van der Waals surface area contributed by atoms with E-state index in [-0.39, 0.29) is 0 Å². The topological polar surface area (TPSA) is 39.7 Å². The fourth-order valence-corrected chi connectivity index (χ4v) is 2.18. The van der Waals surface area contributed by atoms with Crippen LogP contribution in [0.2, 0.25) is 0 Å². The summed E-state index contributed by atoms with van der Waals surface area (Å²) in [6.07, 6.45) is 1.17. The molecule has 0 bridgehead atoms. The van der Waals surface area contributed by atoms with Gasteiger partial charge in [-0.2, -0.15) is 0 Å². The quantitative estimate of drug-likeness (QED) is 0.728. The van der Waals surface area contributed by atoms with Gasteiger partial charge in [0.1, 0.15) is 12.4 Å². The average molecular weight is 265 g/mol. The molecule has 1 aromatic rings. The molecule has 4 heteroatoms. The van der Waals surface area contributed by atoms with Crippen LogP contribution in [0.4, 0.5) is 0 Å². The first-order chi connectivity index (χ1) is 9.38. The second-order valence-corrected chi connectivity index (χ2v) is 4.86. The second-order valence-electron chi connectivity index (χ2n) is 4.86. The van der Waals surface area contributed by atoms with E-state index >= 15 is 0 Å². The predicted molar refractivity (Wildman–Crippen MR) is 74.4 cm³/mol. The van der Waals surface area contributed by atoms with Gasteiger partial charge in [-0.25, -0.2) is 0 Å². The fraction of sp³-hybridized carbons (Fsp3) is 0.600. The zero-order valence-corrected chi connectivity index (χ0v) is 11.6. The molecule has 1 atom stereocenters. The molecule has 1 unspecified atom stereocenters. The lowest BCUT2D eigenvalue weighted by Crippen LogP contribution is -2.27. The molecular weight excluding hydrogens is 242 g/mol. The zero-order valence-electron chi connectivity index (χ0n) is 11.6. The van der Waals surface area contributed by atoms with Crippen LogP contribution >= 0.6 is 0 Å². The zero-order chi connectivity index (χ0) is 13.3. The van der Waals surface area contributed by atoms with Crippen molar-refractivity contribution in [2.24, 2.45) is 5.92 Å². The van der Waals surface area contributed by atoms with Gasteiger partial charge in [-0.15, -0.1) is 0 Å². The largest absolute Gasteiger partial charge is 0.492 e. The van der Waals surface area contributed by atoms with E-state index in [0.717, 1.165) is 37.6 Å². The molecule has 2 rings (SSSR count). The van der Waals surface area contributed by atoms with Crippen molar-refractivity contribution in [2.45, 2.75) is 13.0 Å². The summed E-state index contributed by atoms with van der Waals surface area (Å²) in [7, 11) is 1.70. The Kier molecular flexibility index (Phi) is 6.14. The lowest BCUT2D eigenvalue weighted by atomic mass is 10.1. The van der Waals surface area contributed by atoms with Crippen molar-refractivity contribution >= 4 is 0 Å². The number of nitrogens with one attached hydrogen (secondary N) is 1. The Morgan fingerprint density at radius 1 is 1.42 bits per heavy atom. The molecule has 0 amide bonds. The first-order valence-electron chi connectivity index (χ1n) is 6.87. The lowest BCUT2D eigenvalue weighted by Gasteiger charge is -2.11. The third-order valence-electron chi connectivity index (χ3n) is 3.21.